The molecule has 9 heavy (non-hydrogen) atoms. The third-order valence-electron chi connectivity index (χ3n) is 1.71. The molecule has 0 fully saturated rings. The van der Waals surface area contributed by atoms with Crippen molar-refractivity contribution in [3.63, 3.8) is 0 Å². The predicted molar refractivity (Wildman–Crippen MR) is 39.5 cm³/mol. The maximum atomic E-state index is 2.33. The zero-order chi connectivity index (χ0) is 6.27. The smallest absolute Gasteiger partial charge is 0.0245 e. The topological polar surface area (TPSA) is 3.24 Å². The minimum atomic E-state index is 1.15. The summed E-state index contributed by atoms with van der Waals surface area (Å²) >= 11 is 1.82. The Morgan fingerprint density at radius 3 is 2.44 bits per heavy atom. The zero-order valence-corrected chi connectivity index (χ0v) is 6.24. The molecular formula is C7H9NS. The van der Waals surface area contributed by atoms with Crippen LogP contribution < -0.4 is 0 Å². The molecule has 0 amide bonds. The lowest BCUT2D eigenvalue weighted by Gasteiger charge is -2.03. The zero-order valence-electron chi connectivity index (χ0n) is 5.42. The van der Waals surface area contributed by atoms with Crippen molar-refractivity contribution >= 4 is 11.3 Å². The van der Waals surface area contributed by atoms with Gasteiger partial charge in [-0.2, -0.15) is 11.3 Å². The van der Waals surface area contributed by atoms with Gasteiger partial charge in [-0.15, -0.1) is 0 Å². The van der Waals surface area contributed by atoms with Crippen LogP contribution in [0.25, 0.3) is 0 Å². The second kappa shape index (κ2) is 1.82. The standard InChI is InChI=1S/C7H9NS/c1-8-2-6-4-9-5-7(6)3-8/h4-5H,2-3H2,1H3. The number of hydrogen-bond acceptors (Lipinski definition) is 2. The van der Waals surface area contributed by atoms with Gasteiger partial charge in [0.15, 0.2) is 0 Å². The lowest BCUT2D eigenvalue weighted by atomic mass is 10.2. The van der Waals surface area contributed by atoms with Gasteiger partial charge in [0.2, 0.25) is 0 Å². The molecule has 0 saturated heterocycles. The van der Waals surface area contributed by atoms with Gasteiger partial charge < -0.3 is 0 Å². The van der Waals surface area contributed by atoms with Crippen molar-refractivity contribution < 1.29 is 0 Å². The van der Waals surface area contributed by atoms with Gasteiger partial charge >= 0.3 is 0 Å². The van der Waals surface area contributed by atoms with Crippen LogP contribution in [-0.2, 0) is 13.1 Å². The molecule has 0 bridgehead atoms. The molecule has 1 aliphatic rings. The first kappa shape index (κ1) is 5.45. The van der Waals surface area contributed by atoms with Gasteiger partial charge in [-0.3, -0.25) is 4.90 Å². The predicted octanol–water partition coefficient (Wildman–Crippen LogP) is 1.69. The second-order valence-electron chi connectivity index (χ2n) is 2.59. The Kier molecular flexibility index (Phi) is 1.10. The highest BCUT2D eigenvalue weighted by molar-refractivity contribution is 7.08. The van der Waals surface area contributed by atoms with Crippen LogP contribution >= 0.6 is 11.3 Å². The molecule has 2 rings (SSSR count). The first-order valence-corrected chi connectivity index (χ1v) is 4.03. The third-order valence-corrected chi connectivity index (χ3v) is 2.55. The molecule has 0 spiro atoms. The Bertz CT molecular complexity index is 196. The van der Waals surface area contributed by atoms with Crippen molar-refractivity contribution in [2.45, 2.75) is 13.1 Å². The molecule has 1 aromatic rings. The van der Waals surface area contributed by atoms with Crippen LogP contribution in [0, 0.1) is 0 Å². The molecule has 48 valence electrons. The molecular weight excluding hydrogens is 130 g/mol. The summed E-state index contributed by atoms with van der Waals surface area (Å²) in [4.78, 5) is 2.33. The highest BCUT2D eigenvalue weighted by atomic mass is 32.1. The van der Waals surface area contributed by atoms with E-state index in [4.69, 9.17) is 0 Å². The van der Waals surface area contributed by atoms with Crippen molar-refractivity contribution in [3.05, 3.63) is 21.9 Å². The molecule has 0 aliphatic carbocycles. The maximum Gasteiger partial charge on any atom is 0.0245 e. The molecule has 0 saturated carbocycles. The molecule has 1 aliphatic heterocycles. The van der Waals surface area contributed by atoms with Crippen LogP contribution in [0.1, 0.15) is 11.1 Å². The number of fused-ring (bicyclic) bond motifs is 1. The molecule has 2 heterocycles. The first-order chi connectivity index (χ1) is 4.36. The third kappa shape index (κ3) is 0.787. The van der Waals surface area contributed by atoms with E-state index in [9.17, 15) is 0 Å². The summed E-state index contributed by atoms with van der Waals surface area (Å²) in [6.07, 6.45) is 0. The summed E-state index contributed by atoms with van der Waals surface area (Å²) in [6.45, 7) is 2.30. The van der Waals surface area contributed by atoms with Gasteiger partial charge in [-0.05, 0) is 28.9 Å². The summed E-state index contributed by atoms with van der Waals surface area (Å²) in [5.74, 6) is 0. The van der Waals surface area contributed by atoms with Crippen molar-refractivity contribution in [1.82, 2.24) is 4.90 Å². The highest BCUT2D eigenvalue weighted by Gasteiger charge is 2.14. The van der Waals surface area contributed by atoms with E-state index in [1.807, 2.05) is 11.3 Å². The SMILES string of the molecule is CN1Cc2cscc2C1. The van der Waals surface area contributed by atoms with Gasteiger partial charge in [-0.1, -0.05) is 0 Å². The van der Waals surface area contributed by atoms with Crippen LogP contribution in [0.3, 0.4) is 0 Å². The maximum absolute atomic E-state index is 2.33. The van der Waals surface area contributed by atoms with E-state index in [-0.39, 0.29) is 0 Å². The van der Waals surface area contributed by atoms with Gasteiger partial charge in [0.25, 0.3) is 0 Å². The van der Waals surface area contributed by atoms with Crippen molar-refractivity contribution in [2.75, 3.05) is 7.05 Å². The van der Waals surface area contributed by atoms with Gasteiger partial charge in [0, 0.05) is 13.1 Å². The molecule has 1 nitrogen and oxygen atoms in total. The lowest BCUT2D eigenvalue weighted by Crippen LogP contribution is -2.07. The minimum absolute atomic E-state index is 1.15. The molecule has 0 atom stereocenters. The summed E-state index contributed by atoms with van der Waals surface area (Å²) in [7, 11) is 2.16. The van der Waals surface area contributed by atoms with Crippen LogP contribution in [0.4, 0.5) is 0 Å². The average Bonchev–Trinajstić information content (AvgIpc) is 2.22. The monoisotopic (exact) mass is 139 g/mol. The van der Waals surface area contributed by atoms with Gasteiger partial charge in [0.1, 0.15) is 0 Å². The molecule has 0 N–H and O–H groups in total. The Balaban J connectivity index is 2.39. The normalized spacial score (nSPS) is 18.3. The van der Waals surface area contributed by atoms with E-state index in [0.29, 0.717) is 0 Å². The van der Waals surface area contributed by atoms with Crippen LogP contribution in [0.5, 0.6) is 0 Å². The van der Waals surface area contributed by atoms with E-state index in [1.165, 1.54) is 11.1 Å². The van der Waals surface area contributed by atoms with Crippen LogP contribution in [0.2, 0.25) is 0 Å². The molecule has 2 heteroatoms. The van der Waals surface area contributed by atoms with E-state index in [2.05, 4.69) is 22.7 Å². The Morgan fingerprint density at radius 1 is 1.33 bits per heavy atom. The average molecular weight is 139 g/mol. The summed E-state index contributed by atoms with van der Waals surface area (Å²) in [5, 5.41) is 4.50. The molecule has 0 aromatic carbocycles. The first-order valence-electron chi connectivity index (χ1n) is 3.09. The fraction of sp³-hybridized carbons (Fsp3) is 0.429. The van der Waals surface area contributed by atoms with Crippen molar-refractivity contribution in [2.24, 2.45) is 0 Å². The number of hydrogen-bond donors (Lipinski definition) is 0. The van der Waals surface area contributed by atoms with Gasteiger partial charge in [-0.25, -0.2) is 0 Å². The summed E-state index contributed by atoms with van der Waals surface area (Å²) < 4.78 is 0. The highest BCUT2D eigenvalue weighted by Crippen LogP contribution is 2.24. The van der Waals surface area contributed by atoms with Gasteiger partial charge in [0.05, 0.1) is 0 Å². The fourth-order valence-electron chi connectivity index (χ4n) is 1.26. The van der Waals surface area contributed by atoms with Crippen LogP contribution in [0.15, 0.2) is 10.8 Å². The van der Waals surface area contributed by atoms with Crippen molar-refractivity contribution in [1.29, 1.82) is 0 Å². The quantitative estimate of drug-likeness (QED) is 0.528. The fourth-order valence-corrected chi connectivity index (χ4v) is 2.11. The number of rotatable bonds is 0. The van der Waals surface area contributed by atoms with Crippen molar-refractivity contribution in [3.8, 4) is 0 Å². The Morgan fingerprint density at radius 2 is 1.89 bits per heavy atom. The molecule has 0 unspecified atom stereocenters. The summed E-state index contributed by atoms with van der Waals surface area (Å²) in [5.41, 5.74) is 3.06. The molecule has 0 radical (unpaired) electrons. The Labute approximate surface area is 58.9 Å². The number of nitrogens with zero attached hydrogens (tertiary/aromatic N) is 1. The van der Waals surface area contributed by atoms with E-state index in [1.54, 1.807) is 0 Å². The van der Waals surface area contributed by atoms with E-state index < -0.39 is 0 Å². The van der Waals surface area contributed by atoms with E-state index in [0.717, 1.165) is 13.1 Å². The van der Waals surface area contributed by atoms with E-state index >= 15 is 0 Å². The lowest BCUT2D eigenvalue weighted by molar-refractivity contribution is 0.353. The second-order valence-corrected chi connectivity index (χ2v) is 3.34. The molecule has 1 aromatic heterocycles. The summed E-state index contributed by atoms with van der Waals surface area (Å²) in [6, 6.07) is 0. The largest absolute Gasteiger partial charge is 0.298 e. The van der Waals surface area contributed by atoms with Crippen LogP contribution in [-0.4, -0.2) is 11.9 Å². The number of thiophene rings is 1. The minimum Gasteiger partial charge on any atom is -0.298 e. The Hall–Kier alpha value is -0.340.